The monoisotopic (exact) mass is 275 g/mol. The van der Waals surface area contributed by atoms with Gasteiger partial charge >= 0.3 is 0 Å². The fourth-order valence-corrected chi connectivity index (χ4v) is 1.76. The Kier molecular flexibility index (Phi) is 4.51. The molecule has 0 heterocycles. The first-order chi connectivity index (χ1) is 9.20. The molecule has 2 nitrogen and oxygen atoms in total. The zero-order chi connectivity index (χ0) is 13.7. The summed E-state index contributed by atoms with van der Waals surface area (Å²) in [6.45, 7) is 0.497. The van der Waals surface area contributed by atoms with Gasteiger partial charge in [-0.3, -0.25) is 0 Å². The van der Waals surface area contributed by atoms with Crippen molar-refractivity contribution in [3.63, 3.8) is 0 Å². The van der Waals surface area contributed by atoms with Gasteiger partial charge in [0.25, 0.3) is 0 Å². The first-order valence-electron chi connectivity index (χ1n) is 5.70. The Labute approximate surface area is 116 Å². The quantitative estimate of drug-likeness (QED) is 0.843. The van der Waals surface area contributed by atoms with Gasteiger partial charge in [0, 0.05) is 10.6 Å². The van der Waals surface area contributed by atoms with E-state index in [0.29, 0.717) is 17.2 Å². The predicted molar refractivity (Wildman–Crippen MR) is 71.1 cm³/mol. The number of nitriles is 1. The molecular formula is C15H11ClFNO. The van der Waals surface area contributed by atoms with E-state index >= 15 is 0 Å². The van der Waals surface area contributed by atoms with Crippen LogP contribution in [0.15, 0.2) is 42.5 Å². The van der Waals surface area contributed by atoms with Gasteiger partial charge < -0.3 is 4.74 Å². The van der Waals surface area contributed by atoms with E-state index in [-0.39, 0.29) is 12.2 Å². The van der Waals surface area contributed by atoms with E-state index in [0.717, 1.165) is 5.56 Å². The molecule has 0 aliphatic carbocycles. The van der Waals surface area contributed by atoms with Crippen molar-refractivity contribution in [1.29, 1.82) is 5.26 Å². The van der Waals surface area contributed by atoms with Crippen molar-refractivity contribution in [3.8, 4) is 6.07 Å². The molecule has 0 atom stereocenters. The Morgan fingerprint density at radius 1 is 1.11 bits per heavy atom. The molecular weight excluding hydrogens is 265 g/mol. The first-order valence-corrected chi connectivity index (χ1v) is 6.08. The molecule has 0 aliphatic rings. The van der Waals surface area contributed by atoms with Gasteiger partial charge in [-0.25, -0.2) is 4.39 Å². The molecule has 0 aliphatic heterocycles. The molecule has 2 rings (SSSR count). The fourth-order valence-electron chi connectivity index (χ4n) is 1.64. The highest BCUT2D eigenvalue weighted by molar-refractivity contribution is 6.30. The summed E-state index contributed by atoms with van der Waals surface area (Å²) in [5.41, 5.74) is 1.38. The van der Waals surface area contributed by atoms with Crippen LogP contribution in [-0.4, -0.2) is 0 Å². The van der Waals surface area contributed by atoms with Crippen LogP contribution in [0.1, 0.15) is 16.7 Å². The van der Waals surface area contributed by atoms with Crippen LogP contribution in [0.25, 0.3) is 0 Å². The van der Waals surface area contributed by atoms with E-state index in [2.05, 4.69) is 0 Å². The minimum Gasteiger partial charge on any atom is -0.372 e. The molecule has 0 unspecified atom stereocenters. The SMILES string of the molecule is N#Cc1cccc(COCc2ccc(Cl)cc2)c1F. The Hall–Kier alpha value is -1.89. The number of rotatable bonds is 4. The van der Waals surface area contributed by atoms with Crippen LogP contribution in [0.2, 0.25) is 5.02 Å². The van der Waals surface area contributed by atoms with Crippen LogP contribution in [0.3, 0.4) is 0 Å². The van der Waals surface area contributed by atoms with Gasteiger partial charge in [0.05, 0.1) is 18.8 Å². The van der Waals surface area contributed by atoms with Gasteiger partial charge in [-0.2, -0.15) is 5.26 Å². The summed E-state index contributed by atoms with van der Waals surface area (Å²) >= 11 is 5.77. The molecule has 0 saturated heterocycles. The van der Waals surface area contributed by atoms with Crippen LogP contribution in [0.5, 0.6) is 0 Å². The fraction of sp³-hybridized carbons (Fsp3) is 0.133. The number of hydrogen-bond donors (Lipinski definition) is 0. The third kappa shape index (κ3) is 3.54. The minimum absolute atomic E-state index is 0.0348. The number of ether oxygens (including phenoxy) is 1. The Bertz CT molecular complexity index is 605. The lowest BCUT2D eigenvalue weighted by molar-refractivity contribution is 0.105. The van der Waals surface area contributed by atoms with Crippen LogP contribution in [0, 0.1) is 17.1 Å². The maximum Gasteiger partial charge on any atom is 0.146 e. The standard InChI is InChI=1S/C15H11ClFNO/c16-14-6-4-11(5-7-14)9-19-10-13-3-1-2-12(8-18)15(13)17/h1-7H,9-10H2. The summed E-state index contributed by atoms with van der Waals surface area (Å²) in [5, 5.41) is 9.39. The molecule has 2 aromatic rings. The summed E-state index contributed by atoms with van der Waals surface area (Å²) in [7, 11) is 0. The summed E-state index contributed by atoms with van der Waals surface area (Å²) in [4.78, 5) is 0. The van der Waals surface area contributed by atoms with Gasteiger partial charge in [-0.1, -0.05) is 35.9 Å². The van der Waals surface area contributed by atoms with Crippen molar-refractivity contribution in [3.05, 3.63) is 70.0 Å². The lowest BCUT2D eigenvalue weighted by Gasteiger charge is -2.06. The van der Waals surface area contributed by atoms with E-state index < -0.39 is 5.82 Å². The minimum atomic E-state index is -0.513. The molecule has 0 radical (unpaired) electrons. The van der Waals surface area contributed by atoms with Crippen molar-refractivity contribution < 1.29 is 9.13 Å². The predicted octanol–water partition coefficient (Wildman–Crippen LogP) is 4.07. The summed E-state index contributed by atoms with van der Waals surface area (Å²) in [6.07, 6.45) is 0. The zero-order valence-corrected chi connectivity index (χ0v) is 10.8. The van der Waals surface area contributed by atoms with E-state index in [1.807, 2.05) is 12.1 Å². The first kappa shape index (κ1) is 13.5. The number of halogens is 2. The van der Waals surface area contributed by atoms with Crippen molar-refractivity contribution >= 4 is 11.6 Å². The molecule has 0 bridgehead atoms. The Balaban J connectivity index is 1.96. The second-order valence-corrected chi connectivity index (χ2v) is 4.45. The van der Waals surface area contributed by atoms with Crippen molar-refractivity contribution in [2.24, 2.45) is 0 Å². The molecule has 19 heavy (non-hydrogen) atoms. The second-order valence-electron chi connectivity index (χ2n) is 4.01. The highest BCUT2D eigenvalue weighted by Crippen LogP contribution is 2.15. The Morgan fingerprint density at radius 2 is 1.84 bits per heavy atom. The van der Waals surface area contributed by atoms with Crippen molar-refractivity contribution in [2.45, 2.75) is 13.2 Å². The average molecular weight is 276 g/mol. The van der Waals surface area contributed by atoms with Gasteiger partial charge in [0.2, 0.25) is 0 Å². The highest BCUT2D eigenvalue weighted by Gasteiger charge is 2.07. The summed E-state index contributed by atoms with van der Waals surface area (Å²) in [6, 6.07) is 13.8. The normalized spacial score (nSPS) is 10.2. The van der Waals surface area contributed by atoms with Gasteiger partial charge in [0.1, 0.15) is 11.9 Å². The van der Waals surface area contributed by atoms with E-state index in [4.69, 9.17) is 21.6 Å². The van der Waals surface area contributed by atoms with Crippen molar-refractivity contribution in [1.82, 2.24) is 0 Å². The highest BCUT2D eigenvalue weighted by atomic mass is 35.5. The van der Waals surface area contributed by atoms with Gasteiger partial charge in [-0.05, 0) is 23.8 Å². The molecule has 0 saturated carbocycles. The molecule has 0 aromatic heterocycles. The molecule has 4 heteroatoms. The number of nitrogens with zero attached hydrogens (tertiary/aromatic N) is 1. The summed E-state index contributed by atoms with van der Waals surface area (Å²) in [5.74, 6) is -0.513. The lowest BCUT2D eigenvalue weighted by atomic mass is 10.1. The lowest BCUT2D eigenvalue weighted by Crippen LogP contribution is -1.98. The maximum atomic E-state index is 13.7. The maximum absolute atomic E-state index is 13.7. The van der Waals surface area contributed by atoms with E-state index in [1.54, 1.807) is 30.3 Å². The molecule has 0 fully saturated rings. The Morgan fingerprint density at radius 3 is 2.53 bits per heavy atom. The molecule has 2 aromatic carbocycles. The smallest absolute Gasteiger partial charge is 0.146 e. The number of benzene rings is 2. The largest absolute Gasteiger partial charge is 0.372 e. The topological polar surface area (TPSA) is 33.0 Å². The third-order valence-electron chi connectivity index (χ3n) is 2.64. The second kappa shape index (κ2) is 6.33. The van der Waals surface area contributed by atoms with Gasteiger partial charge in [0.15, 0.2) is 0 Å². The van der Waals surface area contributed by atoms with Crippen LogP contribution >= 0.6 is 11.6 Å². The molecule has 0 amide bonds. The van der Waals surface area contributed by atoms with Crippen molar-refractivity contribution in [2.75, 3.05) is 0 Å². The van der Waals surface area contributed by atoms with E-state index in [9.17, 15) is 4.39 Å². The van der Waals surface area contributed by atoms with Gasteiger partial charge in [-0.15, -0.1) is 0 Å². The van der Waals surface area contributed by atoms with Crippen LogP contribution in [-0.2, 0) is 18.0 Å². The zero-order valence-electron chi connectivity index (χ0n) is 10.1. The van der Waals surface area contributed by atoms with Crippen LogP contribution < -0.4 is 0 Å². The van der Waals surface area contributed by atoms with E-state index in [1.165, 1.54) is 6.07 Å². The molecule has 96 valence electrons. The molecule has 0 N–H and O–H groups in total. The average Bonchev–Trinajstić information content (AvgIpc) is 2.43. The number of hydrogen-bond acceptors (Lipinski definition) is 2. The summed E-state index contributed by atoms with van der Waals surface area (Å²) < 4.78 is 19.2. The third-order valence-corrected chi connectivity index (χ3v) is 2.89. The van der Waals surface area contributed by atoms with Crippen LogP contribution in [0.4, 0.5) is 4.39 Å². The molecule has 0 spiro atoms.